The van der Waals surface area contributed by atoms with E-state index in [1.807, 2.05) is 19.9 Å². The molecular formula is C14H25NO3. The fourth-order valence-corrected chi connectivity index (χ4v) is 2.36. The lowest BCUT2D eigenvalue weighted by Gasteiger charge is -2.32. The molecule has 0 aromatic carbocycles. The summed E-state index contributed by atoms with van der Waals surface area (Å²) in [4.78, 5) is 13.7. The van der Waals surface area contributed by atoms with Crippen LogP contribution < -0.4 is 0 Å². The molecule has 4 nitrogen and oxygen atoms in total. The molecule has 0 saturated carbocycles. The first kappa shape index (κ1) is 15.2. The van der Waals surface area contributed by atoms with Gasteiger partial charge in [-0.2, -0.15) is 0 Å². The molecule has 0 radical (unpaired) electrons. The second kappa shape index (κ2) is 7.54. The van der Waals surface area contributed by atoms with Crippen LogP contribution in [0.25, 0.3) is 0 Å². The quantitative estimate of drug-likeness (QED) is 0.598. The first-order valence-corrected chi connectivity index (χ1v) is 6.76. The molecule has 1 heterocycles. The molecule has 1 unspecified atom stereocenters. The standard InChI is InChI=1S/C14H25NO3/c1-4-12(14(17)18-3)5-8-15-9-6-13(7-10-15)11(2)16/h5,11,13,16H,4,6-10H2,1-3H3. The van der Waals surface area contributed by atoms with Gasteiger partial charge >= 0.3 is 5.97 Å². The highest BCUT2D eigenvalue weighted by molar-refractivity contribution is 5.88. The number of nitrogens with zero attached hydrogens (tertiary/aromatic N) is 1. The Morgan fingerprint density at radius 2 is 2.11 bits per heavy atom. The summed E-state index contributed by atoms with van der Waals surface area (Å²) in [5, 5.41) is 9.53. The molecule has 1 aliphatic heterocycles. The Labute approximate surface area is 110 Å². The molecule has 0 aliphatic carbocycles. The molecule has 0 aromatic rings. The van der Waals surface area contributed by atoms with Crippen LogP contribution in [0.1, 0.15) is 33.1 Å². The van der Waals surface area contributed by atoms with Crippen LogP contribution in [0.5, 0.6) is 0 Å². The average Bonchev–Trinajstić information content (AvgIpc) is 2.39. The van der Waals surface area contributed by atoms with Crippen molar-refractivity contribution in [2.24, 2.45) is 5.92 Å². The number of carbonyl (C=O) groups excluding carboxylic acids is 1. The lowest BCUT2D eigenvalue weighted by atomic mass is 9.92. The smallest absolute Gasteiger partial charge is 0.333 e. The Bertz CT molecular complexity index is 291. The summed E-state index contributed by atoms with van der Waals surface area (Å²) in [7, 11) is 1.42. The van der Waals surface area contributed by atoms with Gasteiger partial charge in [-0.05, 0) is 45.2 Å². The number of ether oxygens (including phenoxy) is 1. The molecule has 0 amide bonds. The maximum Gasteiger partial charge on any atom is 0.333 e. The van der Waals surface area contributed by atoms with Gasteiger partial charge in [0.05, 0.1) is 13.2 Å². The van der Waals surface area contributed by atoms with Gasteiger partial charge in [-0.3, -0.25) is 4.90 Å². The van der Waals surface area contributed by atoms with Crippen molar-refractivity contribution in [1.29, 1.82) is 0 Å². The van der Waals surface area contributed by atoms with Crippen molar-refractivity contribution in [1.82, 2.24) is 4.90 Å². The van der Waals surface area contributed by atoms with E-state index in [0.29, 0.717) is 12.3 Å². The first-order chi connectivity index (χ1) is 8.58. The van der Waals surface area contributed by atoms with Crippen LogP contribution in [0.3, 0.4) is 0 Å². The van der Waals surface area contributed by atoms with Crippen LogP contribution >= 0.6 is 0 Å². The van der Waals surface area contributed by atoms with Gasteiger partial charge in [0.25, 0.3) is 0 Å². The van der Waals surface area contributed by atoms with Gasteiger partial charge in [0, 0.05) is 12.1 Å². The minimum Gasteiger partial charge on any atom is -0.466 e. The summed E-state index contributed by atoms with van der Waals surface area (Å²) in [5.41, 5.74) is 0.746. The summed E-state index contributed by atoms with van der Waals surface area (Å²) in [6, 6.07) is 0. The van der Waals surface area contributed by atoms with E-state index in [2.05, 4.69) is 4.90 Å². The normalized spacial score (nSPS) is 20.8. The van der Waals surface area contributed by atoms with Gasteiger partial charge in [-0.1, -0.05) is 13.0 Å². The number of carbonyl (C=O) groups is 1. The zero-order chi connectivity index (χ0) is 13.5. The van der Waals surface area contributed by atoms with Crippen molar-refractivity contribution in [2.75, 3.05) is 26.7 Å². The predicted octanol–water partition coefficient (Wildman–Crippen LogP) is 1.59. The van der Waals surface area contributed by atoms with Gasteiger partial charge in [-0.15, -0.1) is 0 Å². The summed E-state index contributed by atoms with van der Waals surface area (Å²) >= 11 is 0. The molecule has 1 atom stereocenters. The molecule has 0 bridgehead atoms. The van der Waals surface area contributed by atoms with Crippen LogP contribution in [-0.4, -0.2) is 48.8 Å². The number of aliphatic hydroxyl groups excluding tert-OH is 1. The number of hydrogen-bond donors (Lipinski definition) is 1. The Morgan fingerprint density at radius 3 is 2.56 bits per heavy atom. The number of likely N-dealkylation sites (tertiary alicyclic amines) is 1. The number of rotatable bonds is 5. The Morgan fingerprint density at radius 1 is 1.50 bits per heavy atom. The Balaban J connectivity index is 2.41. The molecule has 0 aromatic heterocycles. The number of methoxy groups -OCH3 is 1. The molecule has 1 saturated heterocycles. The van der Waals surface area contributed by atoms with Crippen molar-refractivity contribution in [3.05, 3.63) is 11.6 Å². The van der Waals surface area contributed by atoms with Crippen molar-refractivity contribution in [3.63, 3.8) is 0 Å². The topological polar surface area (TPSA) is 49.8 Å². The van der Waals surface area contributed by atoms with E-state index in [9.17, 15) is 9.90 Å². The fourth-order valence-electron chi connectivity index (χ4n) is 2.36. The number of esters is 1. The molecule has 1 rings (SSSR count). The number of hydrogen-bond acceptors (Lipinski definition) is 4. The molecule has 1 aliphatic rings. The summed E-state index contributed by atoms with van der Waals surface area (Å²) in [5.74, 6) is 0.202. The van der Waals surface area contributed by atoms with Crippen molar-refractivity contribution in [3.8, 4) is 0 Å². The van der Waals surface area contributed by atoms with Crippen molar-refractivity contribution in [2.45, 2.75) is 39.2 Å². The average molecular weight is 255 g/mol. The van der Waals surface area contributed by atoms with E-state index in [1.54, 1.807) is 0 Å². The third-order valence-electron chi connectivity index (χ3n) is 3.74. The van der Waals surface area contributed by atoms with Gasteiger partial charge < -0.3 is 9.84 Å². The van der Waals surface area contributed by atoms with Gasteiger partial charge in [0.15, 0.2) is 0 Å². The highest BCUT2D eigenvalue weighted by Gasteiger charge is 2.22. The Kier molecular flexibility index (Phi) is 6.36. The van der Waals surface area contributed by atoms with E-state index in [4.69, 9.17) is 4.74 Å². The zero-order valence-corrected chi connectivity index (χ0v) is 11.7. The number of aliphatic hydroxyl groups is 1. The Hall–Kier alpha value is -0.870. The molecular weight excluding hydrogens is 230 g/mol. The lowest BCUT2D eigenvalue weighted by Crippen LogP contribution is -2.37. The van der Waals surface area contributed by atoms with Crippen LogP contribution in [0.2, 0.25) is 0 Å². The molecule has 1 fully saturated rings. The minimum atomic E-state index is -0.226. The second-order valence-electron chi connectivity index (χ2n) is 4.95. The highest BCUT2D eigenvalue weighted by Crippen LogP contribution is 2.20. The van der Waals surface area contributed by atoms with E-state index in [1.165, 1.54) is 7.11 Å². The third kappa shape index (κ3) is 4.42. The third-order valence-corrected chi connectivity index (χ3v) is 3.74. The second-order valence-corrected chi connectivity index (χ2v) is 4.95. The van der Waals surface area contributed by atoms with Crippen LogP contribution in [0, 0.1) is 5.92 Å². The zero-order valence-electron chi connectivity index (χ0n) is 11.7. The number of piperidine rings is 1. The highest BCUT2D eigenvalue weighted by atomic mass is 16.5. The van der Waals surface area contributed by atoms with Crippen LogP contribution in [0.15, 0.2) is 11.6 Å². The maximum absolute atomic E-state index is 11.4. The fraction of sp³-hybridized carbons (Fsp3) is 0.786. The van der Waals surface area contributed by atoms with Gasteiger partial charge in [-0.25, -0.2) is 4.79 Å². The molecule has 18 heavy (non-hydrogen) atoms. The first-order valence-electron chi connectivity index (χ1n) is 6.76. The van der Waals surface area contributed by atoms with E-state index >= 15 is 0 Å². The molecule has 0 spiro atoms. The van der Waals surface area contributed by atoms with Gasteiger partial charge in [0.1, 0.15) is 0 Å². The molecule has 104 valence electrons. The van der Waals surface area contributed by atoms with Gasteiger partial charge in [0.2, 0.25) is 0 Å². The predicted molar refractivity (Wildman–Crippen MR) is 71.2 cm³/mol. The minimum absolute atomic E-state index is 0.205. The van der Waals surface area contributed by atoms with Crippen molar-refractivity contribution >= 4 is 5.97 Å². The van der Waals surface area contributed by atoms with E-state index < -0.39 is 0 Å². The lowest BCUT2D eigenvalue weighted by molar-refractivity contribution is -0.136. The maximum atomic E-state index is 11.4. The monoisotopic (exact) mass is 255 g/mol. The summed E-state index contributed by atoms with van der Waals surface area (Å²) in [6.07, 6.45) is 4.53. The van der Waals surface area contributed by atoms with E-state index in [0.717, 1.165) is 38.0 Å². The SMILES string of the molecule is CCC(=CCN1CCC(C(C)O)CC1)C(=O)OC. The van der Waals surface area contributed by atoms with Crippen LogP contribution in [0.4, 0.5) is 0 Å². The van der Waals surface area contributed by atoms with Crippen molar-refractivity contribution < 1.29 is 14.6 Å². The summed E-state index contributed by atoms with van der Waals surface area (Å²) < 4.78 is 4.73. The largest absolute Gasteiger partial charge is 0.466 e. The summed E-state index contributed by atoms with van der Waals surface area (Å²) in [6.45, 7) is 6.61. The van der Waals surface area contributed by atoms with Crippen LogP contribution in [-0.2, 0) is 9.53 Å². The molecule has 1 N–H and O–H groups in total. The van der Waals surface area contributed by atoms with E-state index in [-0.39, 0.29) is 12.1 Å². The molecule has 4 heteroatoms.